The van der Waals surface area contributed by atoms with Gasteiger partial charge in [-0.2, -0.15) is 0 Å². The molecular formula is C10H12ClNO. The van der Waals surface area contributed by atoms with Crippen molar-refractivity contribution >= 4 is 17.9 Å². The number of pyridine rings is 1. The smallest absolute Gasteiger partial charge is 0.131 e. The molecule has 70 valence electrons. The second-order valence-electron chi connectivity index (χ2n) is 3.01. The van der Waals surface area contributed by atoms with E-state index in [1.807, 2.05) is 13.0 Å². The average molecular weight is 198 g/mol. The molecule has 1 heterocycles. The van der Waals surface area contributed by atoms with Gasteiger partial charge in [0.05, 0.1) is 0 Å². The first-order chi connectivity index (χ1) is 6.24. The molecule has 1 aromatic rings. The van der Waals surface area contributed by atoms with Gasteiger partial charge in [0.2, 0.25) is 0 Å². The summed E-state index contributed by atoms with van der Waals surface area (Å²) in [7, 11) is 0. The summed E-state index contributed by atoms with van der Waals surface area (Å²) >= 11 is 5.77. The molecule has 0 unspecified atom stereocenters. The zero-order chi connectivity index (χ0) is 9.68. The van der Waals surface area contributed by atoms with Gasteiger partial charge in [0.1, 0.15) is 11.4 Å². The van der Waals surface area contributed by atoms with E-state index in [9.17, 15) is 4.79 Å². The molecule has 0 aliphatic rings. The highest BCUT2D eigenvalue weighted by Crippen LogP contribution is 2.13. The van der Waals surface area contributed by atoms with E-state index < -0.39 is 0 Å². The number of carbonyl (C=O) groups is 1. The van der Waals surface area contributed by atoms with E-state index in [0.29, 0.717) is 11.6 Å². The molecule has 0 N–H and O–H groups in total. The predicted molar refractivity (Wildman–Crippen MR) is 53.0 cm³/mol. The van der Waals surface area contributed by atoms with E-state index >= 15 is 0 Å². The van der Waals surface area contributed by atoms with E-state index in [0.717, 1.165) is 30.3 Å². The Morgan fingerprint density at radius 3 is 3.00 bits per heavy atom. The molecule has 3 heteroatoms. The molecule has 1 rings (SSSR count). The van der Waals surface area contributed by atoms with E-state index in [1.165, 1.54) is 0 Å². The van der Waals surface area contributed by atoms with Gasteiger partial charge in [-0.25, -0.2) is 4.98 Å². The second-order valence-corrected chi connectivity index (χ2v) is 3.37. The number of halogens is 1. The monoisotopic (exact) mass is 197 g/mol. The molecular weight excluding hydrogens is 186 g/mol. The van der Waals surface area contributed by atoms with Gasteiger partial charge in [0, 0.05) is 12.6 Å². The van der Waals surface area contributed by atoms with Crippen LogP contribution in [0.4, 0.5) is 0 Å². The fourth-order valence-electron chi connectivity index (χ4n) is 1.14. The SMILES string of the molecule is Cc1cc(CCCC=O)cnc1Cl. The Balaban J connectivity index is 2.57. The van der Waals surface area contributed by atoms with Gasteiger partial charge in [-0.3, -0.25) is 0 Å². The maximum atomic E-state index is 10.1. The standard InChI is InChI=1S/C10H12ClNO/c1-8-6-9(4-2-3-5-13)7-12-10(8)11/h5-7H,2-4H2,1H3. The number of nitrogens with zero attached hydrogens (tertiary/aromatic N) is 1. The molecule has 0 aromatic carbocycles. The van der Waals surface area contributed by atoms with Crippen LogP contribution < -0.4 is 0 Å². The van der Waals surface area contributed by atoms with Crippen LogP contribution >= 0.6 is 11.6 Å². The first-order valence-corrected chi connectivity index (χ1v) is 4.66. The Bertz CT molecular complexity index is 299. The van der Waals surface area contributed by atoms with Gasteiger partial charge < -0.3 is 4.79 Å². The van der Waals surface area contributed by atoms with Crippen molar-refractivity contribution < 1.29 is 4.79 Å². The molecule has 13 heavy (non-hydrogen) atoms. The average Bonchev–Trinajstić information content (AvgIpc) is 2.12. The summed E-state index contributed by atoms with van der Waals surface area (Å²) in [6, 6.07) is 2.01. The largest absolute Gasteiger partial charge is 0.303 e. The van der Waals surface area contributed by atoms with E-state index in [2.05, 4.69) is 4.98 Å². The van der Waals surface area contributed by atoms with Crippen LogP contribution in [0.5, 0.6) is 0 Å². The molecule has 0 radical (unpaired) electrons. The molecule has 0 atom stereocenters. The van der Waals surface area contributed by atoms with Crippen LogP contribution in [0.2, 0.25) is 5.15 Å². The summed E-state index contributed by atoms with van der Waals surface area (Å²) in [6.45, 7) is 1.93. The summed E-state index contributed by atoms with van der Waals surface area (Å²) in [6.07, 6.45) is 5.09. The fraction of sp³-hybridized carbons (Fsp3) is 0.400. The number of carbonyl (C=O) groups excluding carboxylic acids is 1. The number of unbranched alkanes of at least 4 members (excludes halogenated alkanes) is 1. The van der Waals surface area contributed by atoms with Crippen LogP contribution in [0.1, 0.15) is 24.0 Å². The minimum absolute atomic E-state index is 0.555. The Kier molecular flexibility index (Phi) is 3.90. The van der Waals surface area contributed by atoms with E-state index in [-0.39, 0.29) is 0 Å². The third-order valence-corrected chi connectivity index (χ3v) is 2.25. The molecule has 1 aromatic heterocycles. The van der Waals surface area contributed by atoms with Crippen molar-refractivity contribution in [2.75, 3.05) is 0 Å². The minimum Gasteiger partial charge on any atom is -0.303 e. The lowest BCUT2D eigenvalue weighted by Crippen LogP contribution is -1.90. The summed E-state index contributed by atoms with van der Waals surface area (Å²) < 4.78 is 0. The van der Waals surface area contributed by atoms with Gasteiger partial charge in [-0.05, 0) is 30.9 Å². The number of aldehydes is 1. The molecule has 0 saturated carbocycles. The highest BCUT2D eigenvalue weighted by molar-refractivity contribution is 6.30. The summed E-state index contributed by atoms with van der Waals surface area (Å²) in [5, 5.41) is 0.555. The van der Waals surface area contributed by atoms with Gasteiger partial charge in [-0.15, -0.1) is 0 Å². The molecule has 2 nitrogen and oxygen atoms in total. The minimum atomic E-state index is 0.555. The third-order valence-electron chi connectivity index (χ3n) is 1.86. The lowest BCUT2D eigenvalue weighted by atomic mass is 10.1. The Labute approximate surface area is 82.9 Å². The zero-order valence-corrected chi connectivity index (χ0v) is 8.34. The van der Waals surface area contributed by atoms with Crippen LogP contribution in [0.3, 0.4) is 0 Å². The summed E-state index contributed by atoms with van der Waals surface area (Å²) in [4.78, 5) is 14.1. The van der Waals surface area contributed by atoms with Gasteiger partial charge in [0.15, 0.2) is 0 Å². The van der Waals surface area contributed by atoms with Gasteiger partial charge in [-0.1, -0.05) is 17.7 Å². The highest BCUT2D eigenvalue weighted by atomic mass is 35.5. The van der Waals surface area contributed by atoms with Crippen molar-refractivity contribution in [3.63, 3.8) is 0 Å². The summed E-state index contributed by atoms with van der Waals surface area (Å²) in [5.74, 6) is 0. The Morgan fingerprint density at radius 2 is 2.38 bits per heavy atom. The highest BCUT2D eigenvalue weighted by Gasteiger charge is 1.98. The van der Waals surface area contributed by atoms with Crippen molar-refractivity contribution in [1.82, 2.24) is 4.98 Å². The van der Waals surface area contributed by atoms with Crippen LogP contribution in [0.25, 0.3) is 0 Å². The first kappa shape index (κ1) is 10.2. The Hall–Kier alpha value is -0.890. The Morgan fingerprint density at radius 1 is 1.62 bits per heavy atom. The van der Waals surface area contributed by atoms with Gasteiger partial charge >= 0.3 is 0 Å². The van der Waals surface area contributed by atoms with E-state index in [4.69, 9.17) is 11.6 Å². The number of hydrogen-bond acceptors (Lipinski definition) is 2. The fourth-order valence-corrected chi connectivity index (χ4v) is 1.25. The third kappa shape index (κ3) is 3.15. The lowest BCUT2D eigenvalue weighted by molar-refractivity contribution is -0.107. The normalized spacial score (nSPS) is 10.0. The van der Waals surface area contributed by atoms with Crippen LogP contribution in [0, 0.1) is 6.92 Å². The van der Waals surface area contributed by atoms with E-state index in [1.54, 1.807) is 6.20 Å². The topological polar surface area (TPSA) is 30.0 Å². The summed E-state index contributed by atoms with van der Waals surface area (Å²) in [5.41, 5.74) is 2.13. The number of rotatable bonds is 4. The van der Waals surface area contributed by atoms with Crippen LogP contribution in [0.15, 0.2) is 12.3 Å². The number of hydrogen-bond donors (Lipinski definition) is 0. The molecule has 0 aliphatic carbocycles. The van der Waals surface area contributed by atoms with Crippen molar-refractivity contribution in [3.05, 3.63) is 28.5 Å². The maximum absolute atomic E-state index is 10.1. The molecule has 0 amide bonds. The zero-order valence-electron chi connectivity index (χ0n) is 7.59. The quantitative estimate of drug-likeness (QED) is 0.422. The van der Waals surface area contributed by atoms with Crippen molar-refractivity contribution in [2.45, 2.75) is 26.2 Å². The maximum Gasteiger partial charge on any atom is 0.131 e. The van der Waals surface area contributed by atoms with Gasteiger partial charge in [0.25, 0.3) is 0 Å². The van der Waals surface area contributed by atoms with Crippen LogP contribution in [-0.4, -0.2) is 11.3 Å². The molecule has 0 saturated heterocycles. The first-order valence-electron chi connectivity index (χ1n) is 4.28. The number of aryl methyl sites for hydroxylation is 2. The van der Waals surface area contributed by atoms with Crippen LogP contribution in [-0.2, 0) is 11.2 Å². The predicted octanol–water partition coefficient (Wildman–Crippen LogP) is 2.57. The lowest BCUT2D eigenvalue weighted by Gasteiger charge is -2.01. The van der Waals surface area contributed by atoms with Crippen molar-refractivity contribution in [2.24, 2.45) is 0 Å². The molecule has 0 bridgehead atoms. The molecule has 0 fully saturated rings. The van der Waals surface area contributed by atoms with Crippen molar-refractivity contribution in [3.8, 4) is 0 Å². The second kappa shape index (κ2) is 4.97. The molecule has 0 spiro atoms. The number of aromatic nitrogens is 1. The van der Waals surface area contributed by atoms with Crippen molar-refractivity contribution in [1.29, 1.82) is 0 Å². The molecule has 0 aliphatic heterocycles.